The van der Waals surface area contributed by atoms with Crippen LogP contribution < -0.4 is 30.3 Å². The van der Waals surface area contributed by atoms with Gasteiger partial charge in [0.1, 0.15) is 30.4 Å². The summed E-state index contributed by atoms with van der Waals surface area (Å²) in [6.07, 6.45) is 7.23. The number of nitrogens with one attached hydrogen (secondary N) is 1. The lowest BCUT2D eigenvalue weighted by molar-refractivity contribution is -0.141. The van der Waals surface area contributed by atoms with Crippen molar-refractivity contribution in [3.05, 3.63) is 102 Å². The molecule has 1 saturated carbocycles. The number of aromatic hydroxyl groups is 1. The van der Waals surface area contributed by atoms with E-state index in [1.807, 2.05) is 81.9 Å². The second-order valence-electron chi connectivity index (χ2n) is 21.7. The molecule has 406 valence electrons. The molecule has 6 atom stereocenters. The first-order valence-electron chi connectivity index (χ1n) is 27.2. The van der Waals surface area contributed by atoms with Crippen LogP contribution in [0.2, 0.25) is 0 Å². The minimum atomic E-state index is -0.830. The van der Waals surface area contributed by atoms with Crippen molar-refractivity contribution in [1.82, 2.24) is 40.4 Å². The summed E-state index contributed by atoms with van der Waals surface area (Å²) in [6.45, 7) is 12.3. The zero-order valence-electron chi connectivity index (χ0n) is 44.1. The van der Waals surface area contributed by atoms with Crippen LogP contribution in [0, 0.1) is 12.8 Å². The fourth-order valence-electron chi connectivity index (χ4n) is 11.9. The number of carbonyl (C=O) groups excluding carboxylic acids is 2. The summed E-state index contributed by atoms with van der Waals surface area (Å²) in [5.74, 6) is 0.338. The number of ether oxygens (including phenoxy) is 3. The number of amides is 2. The number of aliphatic hydroxyl groups excluding tert-OH is 1. The van der Waals surface area contributed by atoms with E-state index in [2.05, 4.69) is 57.5 Å². The number of nitrogens with zero attached hydrogens (tertiary/aromatic N) is 9. The Bertz CT molecular complexity index is 3000. The number of piperazine rings is 1. The number of thiazole rings is 1. The molecule has 0 spiro atoms. The molecular formula is C57H69N11O8S. The third kappa shape index (κ3) is 11.4. The van der Waals surface area contributed by atoms with Gasteiger partial charge in [0.2, 0.25) is 17.7 Å². The van der Waals surface area contributed by atoms with E-state index in [-0.39, 0.29) is 72.9 Å². The first-order chi connectivity index (χ1) is 37.3. The van der Waals surface area contributed by atoms with Crippen LogP contribution in [-0.4, -0.2) is 146 Å². The van der Waals surface area contributed by atoms with E-state index < -0.39 is 18.1 Å². The number of para-hydroxylation sites is 1. The quantitative estimate of drug-likeness (QED) is 0.0669. The number of nitrogen functional groups attached to an aromatic ring is 1. The molecule has 6 aromatic rings. The van der Waals surface area contributed by atoms with Crippen LogP contribution in [0.1, 0.15) is 94.7 Å². The third-order valence-corrected chi connectivity index (χ3v) is 17.1. The number of phenolic OH excluding ortho intramolecular Hbond substituents is 1. The van der Waals surface area contributed by atoms with Crippen molar-refractivity contribution in [2.24, 2.45) is 5.92 Å². The zero-order valence-corrected chi connectivity index (χ0v) is 44.9. The molecule has 4 aliphatic heterocycles. The monoisotopic (exact) mass is 1070 g/mol. The number of nitrogens with two attached hydrogens (primary N) is 1. The van der Waals surface area contributed by atoms with Gasteiger partial charge in [0.05, 0.1) is 51.8 Å². The van der Waals surface area contributed by atoms with Crippen LogP contribution in [0.3, 0.4) is 0 Å². The van der Waals surface area contributed by atoms with E-state index in [9.17, 15) is 19.8 Å². The number of anilines is 3. The van der Waals surface area contributed by atoms with Crippen molar-refractivity contribution in [3.8, 4) is 39.2 Å². The van der Waals surface area contributed by atoms with Crippen LogP contribution in [0.5, 0.6) is 17.5 Å². The summed E-state index contributed by atoms with van der Waals surface area (Å²) >= 11 is 1.59. The number of rotatable bonds is 18. The van der Waals surface area contributed by atoms with E-state index in [4.69, 9.17) is 24.5 Å². The van der Waals surface area contributed by atoms with E-state index in [0.717, 1.165) is 97.8 Å². The number of likely N-dealkylation sites (tertiary alicyclic amines) is 2. The Morgan fingerprint density at radius 2 is 1.65 bits per heavy atom. The number of hydrogen-bond donors (Lipinski definition) is 4. The summed E-state index contributed by atoms with van der Waals surface area (Å²) in [7, 11) is 0. The molecule has 2 unspecified atom stereocenters. The Morgan fingerprint density at radius 1 is 0.883 bits per heavy atom. The molecule has 5 N–H and O–H groups in total. The zero-order chi connectivity index (χ0) is 53.3. The van der Waals surface area contributed by atoms with Crippen molar-refractivity contribution in [2.45, 2.75) is 127 Å². The molecule has 4 saturated heterocycles. The number of pyridine rings is 1. The highest BCUT2D eigenvalue weighted by molar-refractivity contribution is 7.13. The van der Waals surface area contributed by atoms with E-state index in [0.29, 0.717) is 47.7 Å². The maximum absolute atomic E-state index is 14.2. The van der Waals surface area contributed by atoms with Gasteiger partial charge in [-0.3, -0.25) is 14.5 Å². The average molecular weight is 1070 g/mol. The first kappa shape index (κ1) is 52.2. The van der Waals surface area contributed by atoms with Gasteiger partial charge in [-0.2, -0.15) is 0 Å². The number of fused-ring (bicyclic) bond motifs is 2. The summed E-state index contributed by atoms with van der Waals surface area (Å²) in [5.41, 5.74) is 14.4. The van der Waals surface area contributed by atoms with Crippen LogP contribution >= 0.6 is 11.3 Å². The van der Waals surface area contributed by atoms with Gasteiger partial charge >= 0.3 is 0 Å². The summed E-state index contributed by atoms with van der Waals surface area (Å²) in [6, 6.07) is 22.4. The fraction of sp³-hybridized carbons (Fsp3) is 0.491. The van der Waals surface area contributed by atoms with Gasteiger partial charge in [-0.15, -0.1) is 21.5 Å². The molecule has 8 heterocycles. The van der Waals surface area contributed by atoms with Crippen LogP contribution in [0.4, 0.5) is 17.2 Å². The number of phenols is 1. The topological polar surface area (TPSA) is 231 Å². The van der Waals surface area contributed by atoms with Gasteiger partial charge in [-0.1, -0.05) is 50.2 Å². The Labute approximate surface area is 452 Å². The van der Waals surface area contributed by atoms with Gasteiger partial charge in [-0.25, -0.2) is 9.97 Å². The Morgan fingerprint density at radius 3 is 2.38 bits per heavy atom. The highest BCUT2D eigenvalue weighted by atomic mass is 32.1. The number of carbonyl (C=O) groups is 2. The second-order valence-corrected chi connectivity index (χ2v) is 22.6. The van der Waals surface area contributed by atoms with Crippen molar-refractivity contribution in [3.63, 3.8) is 0 Å². The molecule has 2 amide bonds. The summed E-state index contributed by atoms with van der Waals surface area (Å²) < 4.78 is 24.8. The van der Waals surface area contributed by atoms with Crippen LogP contribution in [0.15, 0.2) is 89.0 Å². The predicted molar refractivity (Wildman–Crippen MR) is 292 cm³/mol. The molecule has 77 heavy (non-hydrogen) atoms. The van der Waals surface area contributed by atoms with Crippen molar-refractivity contribution in [1.29, 1.82) is 0 Å². The largest absolute Gasteiger partial charge is 0.507 e. The molecule has 19 nitrogen and oxygen atoms in total. The normalized spacial score (nSPS) is 23.5. The number of aryl methyl sites for hydroxylation is 1. The molecular weight excluding hydrogens is 999 g/mol. The van der Waals surface area contributed by atoms with Crippen molar-refractivity contribution in [2.75, 3.05) is 61.4 Å². The standard InChI is InChI=1S/C57H69N11O8S/c1-33(2)53(57(72)67-31-41(69)24-48(67)56(71)61-34(3)36-9-11-37(12-10-36)54-35(4)60-32-77-54)50-28-52(64-76-50)73-22-21-65-19-16-42(17-20-65)74-43-25-44(26-43)75-51-23-38(15-18-59-51)68-39-13-14-40(68)30-66(29-39)47-27-46(62-63-55(47)58)45-7-5-6-8-49(45)70/h5-12,15,18,23,27-28,32-34,39-44,48,53,69-70H,13-14,16-17,19-22,24-26,29-31H2,1-4H3,(H2,58,63)(H,61,71)/t34-,39+,40?,41?,43?,44?,48-,53+/m0/s1. The molecule has 2 aromatic carbocycles. The smallest absolute Gasteiger partial charge is 0.254 e. The minimum absolute atomic E-state index is 0.0528. The maximum atomic E-state index is 14.2. The van der Waals surface area contributed by atoms with Crippen molar-refractivity contribution >= 4 is 40.3 Å². The molecule has 11 rings (SSSR count). The lowest BCUT2D eigenvalue weighted by Crippen LogP contribution is -2.54. The third-order valence-electron chi connectivity index (χ3n) is 16.1. The highest BCUT2D eigenvalue weighted by Gasteiger charge is 2.45. The molecule has 20 heteroatoms. The number of β-amino-alcohol motifs (C(OH)–C–C–N with tert-alkyl or cyclic N) is 1. The maximum Gasteiger partial charge on any atom is 0.254 e. The number of aliphatic hydroxyl groups is 1. The van der Waals surface area contributed by atoms with E-state index >= 15 is 0 Å². The SMILES string of the molecule is Cc1ncsc1-c1ccc([C@H](C)NC(=O)[C@@H]2CC(O)CN2C(=O)[C@@H](c2cc(OCCN3CCC(OC4CC(Oc5cc(N6C7CC[C@@H]6CN(c6cc(-c8ccccc8O)nnc6N)C7)ccn5)C4)CC3)no2)C(C)C)cc1. The molecule has 5 fully saturated rings. The lowest BCUT2D eigenvalue weighted by atomic mass is 9.91. The molecule has 0 radical (unpaired) electrons. The number of hydrogen-bond acceptors (Lipinski definition) is 18. The number of aromatic nitrogens is 5. The first-order valence-corrected chi connectivity index (χ1v) is 28.0. The Balaban J connectivity index is 0.601. The molecule has 4 aromatic heterocycles. The molecule has 2 bridgehead atoms. The van der Waals surface area contributed by atoms with Gasteiger partial charge < -0.3 is 54.7 Å². The van der Waals surface area contributed by atoms with Crippen LogP contribution in [0.25, 0.3) is 21.7 Å². The average Bonchev–Trinajstić information content (AvgIpc) is 4.22. The van der Waals surface area contributed by atoms with Crippen LogP contribution in [-0.2, 0) is 14.3 Å². The summed E-state index contributed by atoms with van der Waals surface area (Å²) in [4.78, 5) is 46.7. The van der Waals surface area contributed by atoms with Gasteiger partial charge in [0.15, 0.2) is 11.6 Å². The lowest BCUT2D eigenvalue weighted by Gasteiger charge is -2.43. The van der Waals surface area contributed by atoms with Gasteiger partial charge in [0, 0.05) is 100 Å². The van der Waals surface area contributed by atoms with E-state index in [1.165, 1.54) is 4.90 Å². The van der Waals surface area contributed by atoms with Gasteiger partial charge in [-0.05, 0) is 86.0 Å². The van der Waals surface area contributed by atoms with Gasteiger partial charge in [0.25, 0.3) is 5.88 Å². The fourth-order valence-corrected chi connectivity index (χ4v) is 12.7. The second kappa shape index (κ2) is 22.6. The Hall–Kier alpha value is -6.87. The number of benzene rings is 2. The molecule has 5 aliphatic rings. The highest BCUT2D eigenvalue weighted by Crippen LogP contribution is 2.41. The minimum Gasteiger partial charge on any atom is -0.507 e. The van der Waals surface area contributed by atoms with E-state index in [1.54, 1.807) is 29.5 Å². The summed E-state index contributed by atoms with van der Waals surface area (Å²) in [5, 5.41) is 37.0. The predicted octanol–water partition coefficient (Wildman–Crippen LogP) is 7.15. The number of piperidine rings is 1. The van der Waals surface area contributed by atoms with Crippen molar-refractivity contribution < 1.29 is 38.5 Å². The molecule has 1 aliphatic carbocycles. The Kier molecular flexibility index (Phi) is 15.3.